The lowest BCUT2D eigenvalue weighted by Crippen LogP contribution is -2.59. The summed E-state index contributed by atoms with van der Waals surface area (Å²) in [4.78, 5) is 26.8. The van der Waals surface area contributed by atoms with E-state index < -0.39 is 11.5 Å². The van der Waals surface area contributed by atoms with Gasteiger partial charge in [-0.25, -0.2) is 4.79 Å². The van der Waals surface area contributed by atoms with Crippen LogP contribution in [-0.2, 0) is 4.79 Å². The Morgan fingerprint density at radius 2 is 1.81 bits per heavy atom. The minimum Gasteiger partial charge on any atom is -0.492 e. The maximum Gasteiger partial charge on any atom is 0.335 e. The average Bonchev–Trinajstić information content (AvgIpc) is 2.79. The molecule has 172 valence electrons. The molecule has 0 radical (unpaired) electrons. The lowest BCUT2D eigenvalue weighted by Gasteiger charge is -2.43. The normalized spacial score (nSPS) is 16.4. The van der Waals surface area contributed by atoms with Crippen LogP contribution < -0.4 is 10.1 Å². The summed E-state index contributed by atoms with van der Waals surface area (Å²) in [5, 5.41) is 12.3. The first kappa shape index (κ1) is 23.8. The van der Waals surface area contributed by atoms with Crippen molar-refractivity contribution in [3.05, 3.63) is 65.2 Å². The molecule has 0 unspecified atom stereocenters. The quantitative estimate of drug-likeness (QED) is 0.599. The van der Waals surface area contributed by atoms with Gasteiger partial charge in [-0.05, 0) is 69.1 Å². The molecule has 1 saturated carbocycles. The summed E-state index contributed by atoms with van der Waals surface area (Å²) in [5.41, 5.74) is 1.73. The second kappa shape index (κ2) is 10.6. The molecule has 6 nitrogen and oxygen atoms in total. The Bertz CT molecular complexity index is 920. The predicted molar refractivity (Wildman–Crippen MR) is 125 cm³/mol. The molecule has 2 N–H and O–H groups in total. The van der Waals surface area contributed by atoms with Crippen molar-refractivity contribution >= 4 is 11.9 Å². The second-order valence-corrected chi connectivity index (χ2v) is 8.80. The lowest BCUT2D eigenvalue weighted by atomic mass is 9.79. The molecule has 3 rings (SSSR count). The fourth-order valence-electron chi connectivity index (χ4n) is 4.47. The lowest BCUT2D eigenvalue weighted by molar-refractivity contribution is -0.136. The first-order valence-electron chi connectivity index (χ1n) is 11.4. The van der Waals surface area contributed by atoms with E-state index in [1.54, 1.807) is 24.3 Å². The Labute approximate surface area is 190 Å². The van der Waals surface area contributed by atoms with Gasteiger partial charge >= 0.3 is 5.97 Å². The van der Waals surface area contributed by atoms with Crippen LogP contribution in [0.15, 0.2) is 48.5 Å². The second-order valence-electron chi connectivity index (χ2n) is 8.80. The van der Waals surface area contributed by atoms with Gasteiger partial charge in [0.1, 0.15) is 17.9 Å². The molecule has 1 amide bonds. The number of nitrogens with zero attached hydrogens (tertiary/aromatic N) is 1. The molecule has 32 heavy (non-hydrogen) atoms. The van der Waals surface area contributed by atoms with E-state index in [4.69, 9.17) is 9.84 Å². The Kier molecular flexibility index (Phi) is 7.91. The van der Waals surface area contributed by atoms with Crippen molar-refractivity contribution in [2.24, 2.45) is 0 Å². The number of carboxylic acids is 1. The molecule has 0 bridgehead atoms. The SMILES string of the molecule is Cc1cccc(OCCN(C)C2(C(=O)N[C@@H](C)c3ccc(C(=O)O)cc3)CCCCC2)c1. The minimum atomic E-state index is -0.955. The number of benzene rings is 2. The summed E-state index contributed by atoms with van der Waals surface area (Å²) < 4.78 is 5.93. The summed E-state index contributed by atoms with van der Waals surface area (Å²) in [6.07, 6.45) is 4.85. The number of carbonyl (C=O) groups excluding carboxylic acids is 1. The van der Waals surface area contributed by atoms with Crippen LogP contribution in [0.4, 0.5) is 0 Å². The summed E-state index contributed by atoms with van der Waals surface area (Å²) in [6, 6.07) is 14.5. The Morgan fingerprint density at radius 1 is 1.12 bits per heavy atom. The van der Waals surface area contributed by atoms with Crippen LogP contribution in [0, 0.1) is 6.92 Å². The van der Waals surface area contributed by atoms with Crippen LogP contribution >= 0.6 is 0 Å². The van der Waals surface area contributed by atoms with Gasteiger partial charge < -0.3 is 15.2 Å². The van der Waals surface area contributed by atoms with Gasteiger partial charge in [-0.3, -0.25) is 9.69 Å². The Morgan fingerprint density at radius 3 is 2.44 bits per heavy atom. The molecule has 6 heteroatoms. The molecule has 0 spiro atoms. The molecule has 1 fully saturated rings. The number of rotatable bonds is 9. The topological polar surface area (TPSA) is 78.9 Å². The van der Waals surface area contributed by atoms with Crippen molar-refractivity contribution in [1.82, 2.24) is 10.2 Å². The van der Waals surface area contributed by atoms with Crippen LogP contribution in [0.1, 0.15) is 66.6 Å². The summed E-state index contributed by atoms with van der Waals surface area (Å²) >= 11 is 0. The zero-order valence-electron chi connectivity index (χ0n) is 19.3. The van der Waals surface area contributed by atoms with Crippen molar-refractivity contribution in [3.8, 4) is 5.75 Å². The van der Waals surface area contributed by atoms with E-state index in [0.717, 1.165) is 49.0 Å². The van der Waals surface area contributed by atoms with Crippen LogP contribution in [0.5, 0.6) is 5.75 Å². The number of hydrogen-bond acceptors (Lipinski definition) is 4. The zero-order chi connectivity index (χ0) is 23.1. The first-order chi connectivity index (χ1) is 15.3. The van der Waals surface area contributed by atoms with Gasteiger partial charge in [-0.2, -0.15) is 0 Å². The van der Waals surface area contributed by atoms with E-state index in [2.05, 4.69) is 10.2 Å². The van der Waals surface area contributed by atoms with Crippen LogP contribution in [0.2, 0.25) is 0 Å². The van der Waals surface area contributed by atoms with E-state index in [-0.39, 0.29) is 17.5 Å². The number of amides is 1. The van der Waals surface area contributed by atoms with E-state index in [1.165, 1.54) is 0 Å². The highest BCUT2D eigenvalue weighted by Crippen LogP contribution is 2.34. The van der Waals surface area contributed by atoms with Crippen LogP contribution in [0.3, 0.4) is 0 Å². The number of carbonyl (C=O) groups is 2. The van der Waals surface area contributed by atoms with E-state index in [0.29, 0.717) is 13.2 Å². The Hall–Kier alpha value is -2.86. The molecule has 1 aliphatic carbocycles. The zero-order valence-corrected chi connectivity index (χ0v) is 19.3. The molecule has 2 aromatic rings. The smallest absolute Gasteiger partial charge is 0.335 e. The molecule has 1 atom stereocenters. The highest BCUT2D eigenvalue weighted by atomic mass is 16.5. The average molecular weight is 439 g/mol. The standard InChI is InChI=1S/C26H34N2O4/c1-19-8-7-9-23(18-19)32-17-16-28(3)26(14-5-4-6-15-26)25(31)27-20(2)21-10-12-22(13-11-21)24(29)30/h7-13,18,20H,4-6,14-17H2,1-3H3,(H,27,31)(H,29,30)/t20-/m0/s1. The fraction of sp³-hybridized carbons (Fsp3) is 0.462. The first-order valence-corrected chi connectivity index (χ1v) is 11.4. The van der Waals surface area contributed by atoms with Crippen LogP contribution in [0.25, 0.3) is 0 Å². The van der Waals surface area contributed by atoms with E-state index in [9.17, 15) is 9.59 Å². The molecule has 1 aliphatic rings. The van der Waals surface area contributed by atoms with Gasteiger partial charge in [0, 0.05) is 6.54 Å². The number of carboxylic acid groups (broad SMARTS) is 1. The number of nitrogens with one attached hydrogen (secondary N) is 1. The van der Waals surface area contributed by atoms with Gasteiger partial charge in [-0.15, -0.1) is 0 Å². The summed E-state index contributed by atoms with van der Waals surface area (Å²) in [6.45, 7) is 5.14. The molecule has 0 heterocycles. The monoisotopic (exact) mass is 438 g/mol. The molecule has 0 saturated heterocycles. The third kappa shape index (κ3) is 5.68. The van der Waals surface area contributed by atoms with Gasteiger partial charge in [-0.1, -0.05) is 43.5 Å². The number of likely N-dealkylation sites (N-methyl/N-ethyl adjacent to an activating group) is 1. The number of hydrogen-bond donors (Lipinski definition) is 2. The summed E-state index contributed by atoms with van der Waals surface area (Å²) in [5.74, 6) is -0.0760. The van der Waals surface area contributed by atoms with Gasteiger partial charge in [0.15, 0.2) is 0 Å². The third-order valence-corrected chi connectivity index (χ3v) is 6.52. The molecular weight excluding hydrogens is 404 g/mol. The molecule has 2 aromatic carbocycles. The molecule has 0 aliphatic heterocycles. The van der Waals surface area contributed by atoms with Gasteiger partial charge in [0.2, 0.25) is 5.91 Å². The van der Waals surface area contributed by atoms with Crippen molar-refractivity contribution in [2.75, 3.05) is 20.2 Å². The maximum absolute atomic E-state index is 13.5. The molecule has 0 aromatic heterocycles. The number of aryl methyl sites for hydroxylation is 1. The van der Waals surface area contributed by atoms with E-state index >= 15 is 0 Å². The van der Waals surface area contributed by atoms with E-state index in [1.807, 2.05) is 45.2 Å². The van der Waals surface area contributed by atoms with Crippen molar-refractivity contribution in [1.29, 1.82) is 0 Å². The predicted octanol–water partition coefficient (Wildman–Crippen LogP) is 4.58. The van der Waals surface area contributed by atoms with Gasteiger partial charge in [0.05, 0.1) is 11.6 Å². The highest BCUT2D eigenvalue weighted by molar-refractivity contribution is 5.88. The largest absolute Gasteiger partial charge is 0.492 e. The fourth-order valence-corrected chi connectivity index (χ4v) is 4.47. The maximum atomic E-state index is 13.5. The number of ether oxygens (including phenoxy) is 1. The highest BCUT2D eigenvalue weighted by Gasteiger charge is 2.43. The van der Waals surface area contributed by atoms with Crippen molar-refractivity contribution < 1.29 is 19.4 Å². The molecular formula is C26H34N2O4. The Balaban J connectivity index is 1.65. The third-order valence-electron chi connectivity index (χ3n) is 6.52. The van der Waals surface area contributed by atoms with Crippen LogP contribution in [-0.4, -0.2) is 47.6 Å². The number of aromatic carboxylic acids is 1. The summed E-state index contributed by atoms with van der Waals surface area (Å²) in [7, 11) is 2.01. The van der Waals surface area contributed by atoms with Crippen molar-refractivity contribution in [3.63, 3.8) is 0 Å². The van der Waals surface area contributed by atoms with Crippen molar-refractivity contribution in [2.45, 2.75) is 57.5 Å². The minimum absolute atomic E-state index is 0.0325. The van der Waals surface area contributed by atoms with Gasteiger partial charge in [0.25, 0.3) is 0 Å².